The molecule has 43 heavy (non-hydrogen) atoms. The number of primary amides is 1. The maximum Gasteiger partial charge on any atom is 0.573 e. The van der Waals surface area contributed by atoms with E-state index >= 15 is 4.39 Å². The summed E-state index contributed by atoms with van der Waals surface area (Å²) in [5, 5.41) is -0.637. The monoisotopic (exact) mass is 611 g/mol. The van der Waals surface area contributed by atoms with Crippen LogP contribution in [-0.4, -0.2) is 58.4 Å². The molecule has 3 rings (SSSR count). The van der Waals surface area contributed by atoms with Gasteiger partial charge >= 0.3 is 12.7 Å². The molecule has 0 unspecified atom stereocenters. The van der Waals surface area contributed by atoms with E-state index in [0.29, 0.717) is 24.3 Å². The number of hydrogen-bond acceptors (Lipinski definition) is 7. The van der Waals surface area contributed by atoms with Gasteiger partial charge in [0.1, 0.15) is 40.5 Å². The van der Waals surface area contributed by atoms with Crippen molar-refractivity contribution in [3.63, 3.8) is 0 Å². The SMILES string of the molecule is [B]C([B])([B])Oc1c(Oc2ccc(OC(F)(F)F)c(F)c2C(=O)Nc2cc(C(N)=O)ncc2C)ccc(OC(F)(F)F)c1F. The van der Waals surface area contributed by atoms with Crippen LogP contribution in [-0.2, 0) is 0 Å². The largest absolute Gasteiger partial charge is 0.573 e. The number of nitrogens with one attached hydrogen (secondary N) is 1. The smallest absolute Gasteiger partial charge is 0.510 e. The summed E-state index contributed by atoms with van der Waals surface area (Å²) in [6.07, 6.45) is -9.74. The minimum absolute atomic E-state index is 0.173. The van der Waals surface area contributed by atoms with Gasteiger partial charge in [0.2, 0.25) is 5.82 Å². The second-order valence-electron chi connectivity index (χ2n) is 8.31. The molecule has 0 aliphatic rings. The lowest BCUT2D eigenvalue weighted by molar-refractivity contribution is -0.276. The fraction of sp³-hybridized carbons (Fsp3) is 0.174. The predicted octanol–water partition coefficient (Wildman–Crippen LogP) is 4.10. The number of alkyl halides is 6. The van der Waals surface area contributed by atoms with E-state index in [9.17, 15) is 40.3 Å². The second-order valence-corrected chi connectivity index (χ2v) is 8.31. The van der Waals surface area contributed by atoms with Gasteiger partial charge in [0, 0.05) is 11.9 Å². The number of aromatic nitrogens is 1. The highest BCUT2D eigenvalue weighted by Gasteiger charge is 2.36. The highest BCUT2D eigenvalue weighted by Crippen LogP contribution is 2.43. The number of anilines is 1. The first kappa shape index (κ1) is 32.9. The third-order valence-electron chi connectivity index (χ3n) is 4.87. The summed E-state index contributed by atoms with van der Waals surface area (Å²) in [7, 11) is 15.8. The molecule has 220 valence electrons. The van der Waals surface area contributed by atoms with Crippen molar-refractivity contribution in [1.82, 2.24) is 4.98 Å². The Balaban J connectivity index is 2.17. The van der Waals surface area contributed by atoms with E-state index < -0.39 is 75.8 Å². The molecule has 0 aliphatic heterocycles. The van der Waals surface area contributed by atoms with Crippen LogP contribution in [0.15, 0.2) is 36.5 Å². The molecule has 0 fully saturated rings. The normalized spacial score (nSPS) is 11.9. The molecule has 9 nitrogen and oxygen atoms in total. The fourth-order valence-corrected chi connectivity index (χ4v) is 3.21. The highest BCUT2D eigenvalue weighted by molar-refractivity contribution is 6.58. The average molecular weight is 611 g/mol. The van der Waals surface area contributed by atoms with E-state index in [0.717, 1.165) is 12.3 Å². The van der Waals surface area contributed by atoms with Crippen molar-refractivity contribution in [3.05, 3.63) is 65.0 Å². The molecule has 20 heteroatoms. The van der Waals surface area contributed by atoms with Gasteiger partial charge in [-0.3, -0.25) is 14.6 Å². The van der Waals surface area contributed by atoms with Crippen molar-refractivity contribution in [2.24, 2.45) is 5.73 Å². The molecule has 3 N–H and O–H groups in total. The molecule has 3 aromatic rings. The van der Waals surface area contributed by atoms with E-state index in [1.807, 2.05) is 0 Å². The van der Waals surface area contributed by atoms with Gasteiger partial charge in [0.25, 0.3) is 11.8 Å². The third kappa shape index (κ3) is 8.68. The van der Waals surface area contributed by atoms with Crippen molar-refractivity contribution < 1.29 is 63.7 Å². The number of ether oxygens (including phenoxy) is 4. The Morgan fingerprint density at radius 1 is 0.837 bits per heavy atom. The topological polar surface area (TPSA) is 122 Å². The van der Waals surface area contributed by atoms with Crippen molar-refractivity contribution in [2.75, 3.05) is 5.32 Å². The number of carbonyl (C=O) groups is 2. The standard InChI is InChI=1S/C23H12B3F8N3O6/c1-8-7-36-10(19(35)38)6-9(8)37-20(39)15-11(2-3-12(16(15)27)41-22(29,30)31)40-14-5-4-13(42-23(32,33)34)17(28)18(14)43-21(24,25)26/h2-7H,1H3,(H2,35,38)(H,36,37,39). The van der Waals surface area contributed by atoms with E-state index in [4.69, 9.17) is 38.7 Å². The van der Waals surface area contributed by atoms with Gasteiger partial charge in [-0.05, 0) is 48.1 Å². The van der Waals surface area contributed by atoms with Crippen LogP contribution in [0, 0.1) is 18.6 Å². The van der Waals surface area contributed by atoms with Gasteiger partial charge in [-0.15, -0.1) is 26.3 Å². The lowest BCUT2D eigenvalue weighted by Crippen LogP contribution is -2.38. The molecule has 0 spiro atoms. The Bertz CT molecular complexity index is 1570. The van der Waals surface area contributed by atoms with Gasteiger partial charge in [0.05, 0.1) is 0 Å². The molecule has 2 aromatic carbocycles. The summed E-state index contributed by atoms with van der Waals surface area (Å²) in [6, 6.07) is 2.84. The molecular weight excluding hydrogens is 599 g/mol. The van der Waals surface area contributed by atoms with Crippen LogP contribution >= 0.6 is 0 Å². The number of nitrogens with zero attached hydrogens (tertiary/aromatic N) is 1. The third-order valence-corrected chi connectivity index (χ3v) is 4.87. The number of carbonyl (C=O) groups excluding carboxylic acids is 2. The van der Waals surface area contributed by atoms with Gasteiger partial charge in [-0.25, -0.2) is 4.39 Å². The van der Waals surface area contributed by atoms with E-state index in [2.05, 4.69) is 19.8 Å². The van der Waals surface area contributed by atoms with Gasteiger partial charge in [0.15, 0.2) is 28.8 Å². The van der Waals surface area contributed by atoms with Gasteiger partial charge < -0.3 is 30.0 Å². The molecule has 1 aromatic heterocycles. The summed E-state index contributed by atoms with van der Waals surface area (Å²) >= 11 is 0. The molecular formula is C23H12B3F8N3O6. The van der Waals surface area contributed by atoms with Crippen LogP contribution in [0.3, 0.4) is 0 Å². The number of aryl methyl sites for hydroxylation is 1. The molecule has 2 amide bonds. The zero-order chi connectivity index (χ0) is 32.5. The summed E-state index contributed by atoms with van der Waals surface area (Å²) in [5.41, 5.74) is 3.45. The van der Waals surface area contributed by atoms with Crippen molar-refractivity contribution in [2.45, 2.75) is 24.9 Å². The molecule has 0 atom stereocenters. The molecule has 0 saturated carbocycles. The molecule has 0 saturated heterocycles. The lowest BCUT2D eigenvalue weighted by atomic mass is 9.52. The predicted molar refractivity (Wildman–Crippen MR) is 132 cm³/mol. The number of rotatable bonds is 9. The Kier molecular flexibility index (Phi) is 9.12. The zero-order valence-corrected chi connectivity index (χ0v) is 21.2. The Hall–Kier alpha value is -4.64. The van der Waals surface area contributed by atoms with Crippen LogP contribution in [0.2, 0.25) is 0 Å². The first-order valence-corrected chi connectivity index (χ1v) is 11.1. The number of amides is 2. The van der Waals surface area contributed by atoms with E-state index in [1.54, 1.807) is 0 Å². The molecule has 0 bridgehead atoms. The molecule has 6 radical (unpaired) electrons. The zero-order valence-electron chi connectivity index (χ0n) is 21.2. The molecule has 1 heterocycles. The van der Waals surface area contributed by atoms with Crippen molar-refractivity contribution in [1.29, 1.82) is 0 Å². The van der Waals surface area contributed by atoms with Gasteiger partial charge in [-0.2, -0.15) is 4.39 Å². The van der Waals surface area contributed by atoms with Crippen LogP contribution in [0.25, 0.3) is 0 Å². The summed E-state index contributed by atoms with van der Waals surface area (Å²) in [5.74, 6) is -12.7. The number of hydrogen-bond donors (Lipinski definition) is 2. The average Bonchev–Trinajstić information content (AvgIpc) is 2.84. The summed E-state index contributed by atoms with van der Waals surface area (Å²) in [6.45, 7) is 1.38. The lowest BCUT2D eigenvalue weighted by Gasteiger charge is -2.26. The van der Waals surface area contributed by atoms with Crippen LogP contribution in [0.5, 0.6) is 28.7 Å². The summed E-state index contributed by atoms with van der Waals surface area (Å²) < 4.78 is 124. The maximum atomic E-state index is 15.4. The van der Waals surface area contributed by atoms with Gasteiger partial charge in [-0.1, -0.05) is 0 Å². The first-order valence-electron chi connectivity index (χ1n) is 11.1. The minimum Gasteiger partial charge on any atom is -0.510 e. The van der Waals surface area contributed by atoms with Crippen LogP contribution in [0.4, 0.5) is 40.8 Å². The Morgan fingerprint density at radius 3 is 1.86 bits per heavy atom. The number of benzene rings is 2. The van der Waals surface area contributed by atoms with E-state index in [-0.39, 0.29) is 16.9 Å². The van der Waals surface area contributed by atoms with Crippen molar-refractivity contribution in [3.8, 4) is 28.7 Å². The maximum absolute atomic E-state index is 15.4. The minimum atomic E-state index is -5.43. The first-order chi connectivity index (χ1) is 19.6. The summed E-state index contributed by atoms with van der Waals surface area (Å²) in [4.78, 5) is 28.4. The van der Waals surface area contributed by atoms with Crippen molar-refractivity contribution >= 4 is 41.0 Å². The van der Waals surface area contributed by atoms with Crippen LogP contribution in [0.1, 0.15) is 26.4 Å². The Morgan fingerprint density at radius 2 is 1.35 bits per heavy atom. The quantitative estimate of drug-likeness (QED) is 0.276. The number of halogens is 8. The van der Waals surface area contributed by atoms with E-state index in [1.165, 1.54) is 6.92 Å². The Labute approximate surface area is 239 Å². The second kappa shape index (κ2) is 11.9. The van der Waals surface area contributed by atoms with Crippen LogP contribution < -0.4 is 30.0 Å². The number of nitrogens with two attached hydrogens (primary N) is 1. The fourth-order valence-electron chi connectivity index (χ4n) is 3.21. The highest BCUT2D eigenvalue weighted by atomic mass is 19.4. The number of pyridine rings is 1. The molecule has 0 aliphatic carbocycles.